The van der Waals surface area contributed by atoms with Crippen molar-refractivity contribution in [1.82, 2.24) is 10.2 Å². The van der Waals surface area contributed by atoms with Gasteiger partial charge in [-0.1, -0.05) is 34.7 Å². The molecule has 1 aromatic carbocycles. The van der Waals surface area contributed by atoms with Crippen molar-refractivity contribution in [3.63, 3.8) is 0 Å². The number of nitrogens with zero attached hydrogens (tertiary/aromatic N) is 3. The first kappa shape index (κ1) is 22.9. The van der Waals surface area contributed by atoms with Gasteiger partial charge in [0.05, 0.1) is 10.7 Å². The van der Waals surface area contributed by atoms with E-state index in [9.17, 15) is 24.5 Å². The van der Waals surface area contributed by atoms with E-state index in [2.05, 4.69) is 15.5 Å². The number of hydrogen-bond acceptors (Lipinski definition) is 11. The third kappa shape index (κ3) is 5.74. The Balaban J connectivity index is 1.38. The maximum Gasteiger partial charge on any atom is 0.350 e. The lowest BCUT2D eigenvalue weighted by Gasteiger charge is -2.05. The van der Waals surface area contributed by atoms with Crippen LogP contribution in [0.1, 0.15) is 29.0 Å². The lowest BCUT2D eigenvalue weighted by molar-refractivity contribution is -0.385. The molecule has 0 radical (unpaired) electrons. The van der Waals surface area contributed by atoms with Gasteiger partial charge in [0, 0.05) is 23.1 Å². The van der Waals surface area contributed by atoms with Crippen LogP contribution >= 0.6 is 34.7 Å². The molecule has 1 saturated carbocycles. The molecule has 0 spiro atoms. The van der Waals surface area contributed by atoms with Crippen LogP contribution < -0.4 is 15.5 Å². The molecule has 33 heavy (non-hydrogen) atoms. The molecule has 0 aliphatic heterocycles. The zero-order chi connectivity index (χ0) is 23.5. The van der Waals surface area contributed by atoms with Crippen LogP contribution in [0.15, 0.2) is 44.1 Å². The zero-order valence-corrected chi connectivity index (χ0v) is 18.9. The molecule has 1 aliphatic rings. The molecule has 2 heterocycles. The number of amides is 1. The van der Waals surface area contributed by atoms with Crippen molar-refractivity contribution in [2.45, 2.75) is 22.9 Å². The van der Waals surface area contributed by atoms with Crippen LogP contribution in [-0.2, 0) is 10.5 Å². The Morgan fingerprint density at radius 3 is 2.82 bits per heavy atom. The summed E-state index contributed by atoms with van der Waals surface area (Å²) < 4.78 is 10.9. The van der Waals surface area contributed by atoms with Crippen LogP contribution in [0.3, 0.4) is 0 Å². The molecular formula is C19H13ClN4O7S2. The molecule has 1 amide bonds. The summed E-state index contributed by atoms with van der Waals surface area (Å²) in [5.41, 5.74) is -1.55. The molecule has 2 aromatic heterocycles. The molecule has 0 atom stereocenters. The number of ether oxygens (including phenoxy) is 1. The number of nitro groups is 1. The number of thioether (sulfide) groups is 1. The quantitative estimate of drug-likeness (QED) is 0.155. The first-order valence-electron chi connectivity index (χ1n) is 9.35. The molecule has 1 fully saturated rings. The van der Waals surface area contributed by atoms with Crippen molar-refractivity contribution in [1.29, 1.82) is 0 Å². The van der Waals surface area contributed by atoms with Gasteiger partial charge in [-0.25, -0.2) is 4.79 Å². The highest BCUT2D eigenvalue weighted by atomic mass is 35.5. The average Bonchev–Trinajstić information content (AvgIpc) is 3.54. The van der Waals surface area contributed by atoms with Gasteiger partial charge in [0.15, 0.2) is 4.34 Å². The van der Waals surface area contributed by atoms with E-state index in [1.165, 1.54) is 29.2 Å². The molecule has 0 unspecified atom stereocenters. The number of benzene rings is 1. The summed E-state index contributed by atoms with van der Waals surface area (Å²) in [5, 5.41) is 22.2. The third-order valence-electron chi connectivity index (χ3n) is 4.35. The molecule has 14 heteroatoms. The van der Waals surface area contributed by atoms with Gasteiger partial charge < -0.3 is 14.5 Å². The Morgan fingerprint density at radius 2 is 2.12 bits per heavy atom. The summed E-state index contributed by atoms with van der Waals surface area (Å²) >= 11 is 8.25. The second-order valence-electron chi connectivity index (χ2n) is 6.81. The van der Waals surface area contributed by atoms with E-state index < -0.39 is 33.3 Å². The number of halogens is 1. The van der Waals surface area contributed by atoms with E-state index in [1.807, 2.05) is 0 Å². The predicted molar refractivity (Wildman–Crippen MR) is 119 cm³/mol. The number of carbonyl (C=O) groups is 2. The van der Waals surface area contributed by atoms with Crippen molar-refractivity contribution in [2.75, 3.05) is 5.32 Å². The standard InChI is InChI=1S/C19H13ClN4O7S2/c20-10-3-4-13(24(28)29)12(5-10)17(27)31-15-7-30-11(6-14(15)25)8-32-19-23-22-18(33-19)21-16(26)9-1-2-9/h3-7,9H,1-2,8H2,(H,21,22,26). The van der Waals surface area contributed by atoms with Gasteiger partial charge in [-0.05, 0) is 25.0 Å². The molecule has 3 aromatic rings. The van der Waals surface area contributed by atoms with E-state index >= 15 is 0 Å². The fourth-order valence-corrected chi connectivity index (χ4v) is 4.40. The smallest absolute Gasteiger partial charge is 0.350 e. The van der Waals surface area contributed by atoms with Crippen molar-refractivity contribution in [2.24, 2.45) is 5.92 Å². The molecule has 1 N–H and O–H groups in total. The van der Waals surface area contributed by atoms with Crippen LogP contribution in [0.2, 0.25) is 5.02 Å². The first-order chi connectivity index (χ1) is 15.8. The summed E-state index contributed by atoms with van der Waals surface area (Å²) in [6, 6.07) is 4.55. The van der Waals surface area contributed by atoms with Crippen molar-refractivity contribution < 1.29 is 23.7 Å². The minimum Gasteiger partial charge on any atom is -0.464 e. The zero-order valence-electron chi connectivity index (χ0n) is 16.5. The molecule has 0 bridgehead atoms. The highest BCUT2D eigenvalue weighted by Gasteiger charge is 2.30. The van der Waals surface area contributed by atoms with Crippen molar-refractivity contribution in [3.8, 4) is 5.75 Å². The lowest BCUT2D eigenvalue weighted by Crippen LogP contribution is -2.16. The average molecular weight is 509 g/mol. The van der Waals surface area contributed by atoms with Gasteiger partial charge in [-0.3, -0.25) is 19.7 Å². The Hall–Kier alpha value is -3.29. The highest BCUT2D eigenvalue weighted by Crippen LogP contribution is 2.32. The number of rotatable bonds is 8. The van der Waals surface area contributed by atoms with Crippen LogP contribution in [0.25, 0.3) is 0 Å². The fourth-order valence-electron chi connectivity index (χ4n) is 2.58. The van der Waals surface area contributed by atoms with Crippen molar-refractivity contribution in [3.05, 3.63) is 67.2 Å². The lowest BCUT2D eigenvalue weighted by atomic mass is 10.2. The maximum atomic E-state index is 12.4. The van der Waals surface area contributed by atoms with Crippen molar-refractivity contribution >= 4 is 57.4 Å². The molecular weight excluding hydrogens is 496 g/mol. The number of carbonyl (C=O) groups excluding carboxylic acids is 2. The Kier molecular flexibility index (Phi) is 6.72. The van der Waals surface area contributed by atoms with Crippen LogP contribution in [0, 0.1) is 16.0 Å². The third-order valence-corrected chi connectivity index (χ3v) is 6.58. The van der Waals surface area contributed by atoms with Gasteiger partial charge in [-0.15, -0.1) is 10.2 Å². The van der Waals surface area contributed by atoms with Crippen LogP contribution in [0.5, 0.6) is 5.75 Å². The summed E-state index contributed by atoms with van der Waals surface area (Å²) in [4.78, 5) is 46.8. The molecule has 170 valence electrons. The Labute approximate surface area is 198 Å². The summed E-state index contributed by atoms with van der Waals surface area (Å²) in [5.74, 6) is -1.05. The minimum atomic E-state index is -1.12. The number of esters is 1. The second kappa shape index (κ2) is 9.68. The molecule has 11 nitrogen and oxygen atoms in total. The number of anilines is 1. The van der Waals surface area contributed by atoms with Gasteiger partial charge in [0.1, 0.15) is 17.6 Å². The molecule has 0 saturated heterocycles. The van der Waals surface area contributed by atoms with E-state index in [0.29, 0.717) is 9.47 Å². The largest absolute Gasteiger partial charge is 0.464 e. The van der Waals surface area contributed by atoms with E-state index in [0.717, 1.165) is 37.3 Å². The summed E-state index contributed by atoms with van der Waals surface area (Å²) in [6.45, 7) is 0. The number of nitro benzene ring substituents is 1. The number of nitrogens with one attached hydrogen (secondary N) is 1. The predicted octanol–water partition coefficient (Wildman–Crippen LogP) is 3.91. The van der Waals surface area contributed by atoms with E-state index in [1.54, 1.807) is 0 Å². The highest BCUT2D eigenvalue weighted by molar-refractivity contribution is 8.00. The molecule has 1 aliphatic carbocycles. The van der Waals surface area contributed by atoms with Gasteiger partial charge in [0.2, 0.25) is 22.2 Å². The summed E-state index contributed by atoms with van der Waals surface area (Å²) in [6.07, 6.45) is 2.72. The molecule has 4 rings (SSSR count). The number of hydrogen-bond donors (Lipinski definition) is 1. The van der Waals surface area contributed by atoms with E-state index in [-0.39, 0.29) is 28.4 Å². The van der Waals surface area contributed by atoms with Gasteiger partial charge in [0.25, 0.3) is 5.69 Å². The summed E-state index contributed by atoms with van der Waals surface area (Å²) in [7, 11) is 0. The Morgan fingerprint density at radius 1 is 1.33 bits per heavy atom. The van der Waals surface area contributed by atoms with Crippen LogP contribution in [-0.4, -0.2) is 27.0 Å². The maximum absolute atomic E-state index is 12.4. The van der Waals surface area contributed by atoms with E-state index in [4.69, 9.17) is 20.8 Å². The Bertz CT molecular complexity index is 1310. The SMILES string of the molecule is O=C(Oc1coc(CSc2nnc(NC(=O)C3CC3)s2)cc1=O)c1cc(Cl)ccc1[N+](=O)[O-]. The normalized spacial score (nSPS) is 12.9. The van der Waals surface area contributed by atoms with Gasteiger partial charge in [-0.2, -0.15) is 0 Å². The monoisotopic (exact) mass is 508 g/mol. The minimum absolute atomic E-state index is 0.0527. The topological polar surface area (TPSA) is 155 Å². The van der Waals surface area contributed by atoms with Crippen LogP contribution in [0.4, 0.5) is 10.8 Å². The number of aromatic nitrogens is 2. The fraction of sp³-hybridized carbons (Fsp3) is 0.211. The first-order valence-corrected chi connectivity index (χ1v) is 11.5. The van der Waals surface area contributed by atoms with Gasteiger partial charge >= 0.3 is 5.97 Å². The second-order valence-corrected chi connectivity index (χ2v) is 9.44.